The van der Waals surface area contributed by atoms with Gasteiger partial charge in [-0.2, -0.15) is 0 Å². The maximum absolute atomic E-state index is 12.0. The Bertz CT molecular complexity index is 593. The Hall–Kier alpha value is -1.57. The van der Waals surface area contributed by atoms with E-state index in [2.05, 4.69) is 24.9 Å². The summed E-state index contributed by atoms with van der Waals surface area (Å²) in [6, 6.07) is 5.76. The predicted molar refractivity (Wildman–Crippen MR) is 68.1 cm³/mol. The first kappa shape index (κ1) is 10.9. The van der Waals surface area contributed by atoms with Crippen molar-refractivity contribution in [3.05, 3.63) is 45.2 Å². The van der Waals surface area contributed by atoms with Crippen LogP contribution in [0.4, 0.5) is 0 Å². The van der Waals surface area contributed by atoms with Crippen molar-refractivity contribution >= 4 is 10.9 Å². The molecule has 0 saturated carbocycles. The number of H-pyrrole nitrogens is 1. The van der Waals surface area contributed by atoms with E-state index in [1.165, 1.54) is 0 Å². The lowest BCUT2D eigenvalue weighted by molar-refractivity contribution is 0.828. The Morgan fingerprint density at radius 3 is 2.44 bits per heavy atom. The number of hydrogen-bond acceptors (Lipinski definition) is 1. The van der Waals surface area contributed by atoms with Crippen LogP contribution in [0.5, 0.6) is 0 Å². The number of rotatable bonds is 1. The summed E-state index contributed by atoms with van der Waals surface area (Å²) < 4.78 is 0. The van der Waals surface area contributed by atoms with Gasteiger partial charge in [-0.1, -0.05) is 19.9 Å². The molecule has 0 radical (unpaired) electrons. The topological polar surface area (TPSA) is 32.9 Å². The molecule has 0 aliphatic heterocycles. The number of aromatic amines is 1. The van der Waals surface area contributed by atoms with E-state index >= 15 is 0 Å². The fraction of sp³-hybridized carbons (Fsp3) is 0.357. The van der Waals surface area contributed by atoms with E-state index in [0.717, 1.165) is 27.7 Å². The SMILES string of the molecule is Cc1cc(C)c2[nH]c(C(C)C)cc(=O)c2c1. The number of nitrogens with one attached hydrogen (secondary N) is 1. The molecule has 0 saturated heterocycles. The third-order valence-corrected chi connectivity index (χ3v) is 2.92. The van der Waals surface area contributed by atoms with Gasteiger partial charge in [-0.25, -0.2) is 0 Å². The maximum Gasteiger partial charge on any atom is 0.189 e. The second kappa shape index (κ2) is 3.78. The number of pyridine rings is 1. The highest BCUT2D eigenvalue weighted by Gasteiger charge is 2.07. The molecule has 0 bridgehead atoms. The van der Waals surface area contributed by atoms with Crippen LogP contribution in [0, 0.1) is 13.8 Å². The Morgan fingerprint density at radius 2 is 1.81 bits per heavy atom. The number of fused-ring (bicyclic) bond motifs is 1. The van der Waals surface area contributed by atoms with Crippen LogP contribution in [0.15, 0.2) is 23.0 Å². The molecule has 0 aliphatic carbocycles. The van der Waals surface area contributed by atoms with E-state index in [0.29, 0.717) is 5.92 Å². The fourth-order valence-corrected chi connectivity index (χ4v) is 2.04. The van der Waals surface area contributed by atoms with Gasteiger partial charge in [0.2, 0.25) is 0 Å². The van der Waals surface area contributed by atoms with E-state index in [9.17, 15) is 4.79 Å². The highest BCUT2D eigenvalue weighted by Crippen LogP contribution is 2.18. The highest BCUT2D eigenvalue weighted by atomic mass is 16.1. The second-order valence-corrected chi connectivity index (χ2v) is 4.75. The van der Waals surface area contributed by atoms with Crippen molar-refractivity contribution in [1.82, 2.24) is 4.98 Å². The van der Waals surface area contributed by atoms with E-state index in [1.807, 2.05) is 19.9 Å². The van der Waals surface area contributed by atoms with Crippen LogP contribution in [-0.2, 0) is 0 Å². The first-order valence-electron chi connectivity index (χ1n) is 5.63. The van der Waals surface area contributed by atoms with Crippen molar-refractivity contribution in [2.45, 2.75) is 33.6 Å². The van der Waals surface area contributed by atoms with Crippen molar-refractivity contribution in [1.29, 1.82) is 0 Å². The van der Waals surface area contributed by atoms with Crippen LogP contribution in [0.3, 0.4) is 0 Å². The average molecular weight is 215 g/mol. The molecule has 0 atom stereocenters. The summed E-state index contributed by atoms with van der Waals surface area (Å²) in [7, 11) is 0. The van der Waals surface area contributed by atoms with Crippen LogP contribution in [0.1, 0.15) is 36.6 Å². The van der Waals surface area contributed by atoms with E-state index in [1.54, 1.807) is 6.07 Å². The lowest BCUT2D eigenvalue weighted by Crippen LogP contribution is -2.07. The standard InChI is InChI=1S/C14H17NO/c1-8(2)12-7-13(16)11-6-9(3)5-10(4)14(11)15-12/h5-8H,1-4H3,(H,15,16). The third-order valence-electron chi connectivity index (χ3n) is 2.92. The molecule has 0 fully saturated rings. The molecule has 1 heterocycles. The Kier molecular flexibility index (Phi) is 2.58. The number of aryl methyl sites for hydroxylation is 2. The van der Waals surface area contributed by atoms with Gasteiger partial charge in [0.25, 0.3) is 0 Å². The minimum atomic E-state index is 0.115. The summed E-state index contributed by atoms with van der Waals surface area (Å²) in [5.74, 6) is 0.345. The van der Waals surface area contributed by atoms with Crippen LogP contribution < -0.4 is 5.43 Å². The molecular formula is C14H17NO. The molecular weight excluding hydrogens is 198 g/mol. The minimum Gasteiger partial charge on any atom is -0.358 e. The van der Waals surface area contributed by atoms with Gasteiger partial charge in [-0.15, -0.1) is 0 Å². The molecule has 0 aliphatic rings. The van der Waals surface area contributed by atoms with Gasteiger partial charge in [0.15, 0.2) is 5.43 Å². The van der Waals surface area contributed by atoms with Crippen LogP contribution in [0.25, 0.3) is 10.9 Å². The Morgan fingerprint density at radius 1 is 1.12 bits per heavy atom. The van der Waals surface area contributed by atoms with Crippen molar-refractivity contribution in [2.24, 2.45) is 0 Å². The first-order valence-corrected chi connectivity index (χ1v) is 5.63. The number of benzene rings is 1. The third kappa shape index (κ3) is 1.75. The molecule has 1 aromatic carbocycles. The molecule has 1 N–H and O–H groups in total. The lowest BCUT2D eigenvalue weighted by atomic mass is 10.0. The molecule has 2 rings (SSSR count). The normalized spacial score (nSPS) is 11.3. The monoisotopic (exact) mass is 215 g/mol. The van der Waals surface area contributed by atoms with Crippen molar-refractivity contribution in [3.63, 3.8) is 0 Å². The minimum absolute atomic E-state index is 0.115. The molecule has 0 unspecified atom stereocenters. The average Bonchev–Trinajstić information content (AvgIpc) is 2.19. The van der Waals surface area contributed by atoms with Gasteiger partial charge in [0.05, 0.1) is 5.52 Å². The van der Waals surface area contributed by atoms with Gasteiger partial charge in [0, 0.05) is 17.1 Å². The lowest BCUT2D eigenvalue weighted by Gasteiger charge is -2.09. The predicted octanol–water partition coefficient (Wildman–Crippen LogP) is 3.27. The summed E-state index contributed by atoms with van der Waals surface area (Å²) in [5, 5.41) is 0.793. The summed E-state index contributed by atoms with van der Waals surface area (Å²) in [6.45, 7) is 8.22. The molecule has 2 nitrogen and oxygen atoms in total. The molecule has 84 valence electrons. The molecule has 1 aromatic heterocycles. The second-order valence-electron chi connectivity index (χ2n) is 4.75. The van der Waals surface area contributed by atoms with Gasteiger partial charge >= 0.3 is 0 Å². The quantitative estimate of drug-likeness (QED) is 0.778. The van der Waals surface area contributed by atoms with Gasteiger partial charge in [-0.05, 0) is 37.0 Å². The van der Waals surface area contributed by atoms with E-state index in [-0.39, 0.29) is 5.43 Å². The van der Waals surface area contributed by atoms with Gasteiger partial charge in [-0.3, -0.25) is 4.79 Å². The van der Waals surface area contributed by atoms with Crippen LogP contribution in [0.2, 0.25) is 0 Å². The highest BCUT2D eigenvalue weighted by molar-refractivity contribution is 5.82. The fourth-order valence-electron chi connectivity index (χ4n) is 2.04. The number of hydrogen-bond donors (Lipinski definition) is 1. The largest absolute Gasteiger partial charge is 0.358 e. The van der Waals surface area contributed by atoms with E-state index in [4.69, 9.17) is 0 Å². The summed E-state index contributed by atoms with van der Waals surface area (Å²) in [5.41, 5.74) is 4.36. The molecule has 2 aromatic rings. The number of aromatic nitrogens is 1. The maximum atomic E-state index is 12.0. The Balaban J connectivity index is 2.87. The van der Waals surface area contributed by atoms with Crippen molar-refractivity contribution in [3.8, 4) is 0 Å². The van der Waals surface area contributed by atoms with Gasteiger partial charge < -0.3 is 4.98 Å². The van der Waals surface area contributed by atoms with Crippen LogP contribution >= 0.6 is 0 Å². The molecule has 16 heavy (non-hydrogen) atoms. The van der Waals surface area contributed by atoms with E-state index < -0.39 is 0 Å². The zero-order chi connectivity index (χ0) is 11.9. The first-order chi connectivity index (χ1) is 7.49. The zero-order valence-corrected chi connectivity index (χ0v) is 10.2. The van der Waals surface area contributed by atoms with Crippen molar-refractivity contribution < 1.29 is 0 Å². The van der Waals surface area contributed by atoms with Crippen LogP contribution in [-0.4, -0.2) is 4.98 Å². The molecule has 2 heteroatoms. The molecule has 0 amide bonds. The van der Waals surface area contributed by atoms with Gasteiger partial charge in [0.1, 0.15) is 0 Å². The smallest absolute Gasteiger partial charge is 0.189 e. The summed E-state index contributed by atoms with van der Waals surface area (Å²) in [4.78, 5) is 15.4. The summed E-state index contributed by atoms with van der Waals surface area (Å²) >= 11 is 0. The molecule has 0 spiro atoms. The zero-order valence-electron chi connectivity index (χ0n) is 10.2. The Labute approximate surface area is 95.3 Å². The summed E-state index contributed by atoms with van der Waals surface area (Å²) in [6.07, 6.45) is 0. The van der Waals surface area contributed by atoms with Crippen molar-refractivity contribution in [2.75, 3.05) is 0 Å².